The summed E-state index contributed by atoms with van der Waals surface area (Å²) < 4.78 is 13.0. The zero-order chi connectivity index (χ0) is 21.3. The van der Waals surface area contributed by atoms with E-state index in [0.29, 0.717) is 11.5 Å². The van der Waals surface area contributed by atoms with Crippen molar-refractivity contribution in [2.45, 2.75) is 121 Å². The van der Waals surface area contributed by atoms with Crippen molar-refractivity contribution >= 4 is 11.8 Å². The zero-order valence-electron chi connectivity index (χ0n) is 20.4. The molecule has 0 aromatic rings. The molecule has 3 nitrogen and oxygen atoms in total. The van der Waals surface area contributed by atoms with Crippen LogP contribution in [0.1, 0.15) is 110 Å². The summed E-state index contributed by atoms with van der Waals surface area (Å²) in [5.41, 5.74) is 0.463. The van der Waals surface area contributed by atoms with Crippen molar-refractivity contribution in [3.8, 4) is 0 Å². The highest BCUT2D eigenvalue weighted by atomic mass is 32.2. The van der Waals surface area contributed by atoms with Crippen molar-refractivity contribution in [1.29, 1.82) is 0 Å². The van der Waals surface area contributed by atoms with Crippen LogP contribution in [0.3, 0.4) is 0 Å². The van der Waals surface area contributed by atoms with Crippen LogP contribution in [0.5, 0.6) is 0 Å². The van der Waals surface area contributed by atoms with E-state index in [1.807, 2.05) is 0 Å². The van der Waals surface area contributed by atoms with Crippen LogP contribution in [-0.2, 0) is 9.47 Å². The van der Waals surface area contributed by atoms with E-state index in [9.17, 15) is 0 Å². The molecule has 0 spiro atoms. The number of hydrogen-bond donors (Lipinski definition) is 0. The van der Waals surface area contributed by atoms with Crippen LogP contribution >= 0.6 is 11.8 Å². The number of thioether (sulfide) groups is 1. The maximum absolute atomic E-state index is 6.36. The second kappa shape index (κ2) is 16.8. The molecule has 2 unspecified atom stereocenters. The maximum atomic E-state index is 6.36. The van der Waals surface area contributed by atoms with Crippen molar-refractivity contribution in [2.24, 2.45) is 0 Å². The third-order valence-electron chi connectivity index (χ3n) is 7.05. The summed E-state index contributed by atoms with van der Waals surface area (Å²) >= 11 is 2.06. The first-order chi connectivity index (χ1) is 14.7. The Morgan fingerprint density at radius 1 is 0.733 bits per heavy atom. The van der Waals surface area contributed by atoms with Gasteiger partial charge in [-0.05, 0) is 12.8 Å². The lowest BCUT2D eigenvalue weighted by molar-refractivity contribution is -0.919. The summed E-state index contributed by atoms with van der Waals surface area (Å²) in [7, 11) is 2.37. The third-order valence-corrected chi connectivity index (χ3v) is 8.33. The van der Waals surface area contributed by atoms with Crippen molar-refractivity contribution in [2.75, 3.05) is 45.6 Å². The molecule has 0 aliphatic carbocycles. The van der Waals surface area contributed by atoms with Crippen molar-refractivity contribution in [3.05, 3.63) is 0 Å². The second-order valence-electron chi connectivity index (χ2n) is 10.1. The summed E-state index contributed by atoms with van der Waals surface area (Å²) in [6.07, 6.45) is 23.3. The second-order valence-corrected chi connectivity index (χ2v) is 11.3. The average Bonchev–Trinajstić information content (AvgIpc) is 3.18. The molecular formula is C26H52NO2S+. The molecule has 0 saturated carbocycles. The van der Waals surface area contributed by atoms with Gasteiger partial charge in [0.2, 0.25) is 0 Å². The molecule has 30 heavy (non-hydrogen) atoms. The van der Waals surface area contributed by atoms with Crippen molar-refractivity contribution in [3.63, 3.8) is 0 Å². The number of rotatable bonds is 18. The minimum Gasteiger partial charge on any atom is -0.370 e. The van der Waals surface area contributed by atoms with Gasteiger partial charge in [0.1, 0.15) is 31.2 Å². The van der Waals surface area contributed by atoms with Gasteiger partial charge in [0, 0.05) is 5.75 Å². The molecule has 0 aromatic carbocycles. The van der Waals surface area contributed by atoms with Gasteiger partial charge in [0.25, 0.3) is 0 Å². The molecule has 0 amide bonds. The predicted molar refractivity (Wildman–Crippen MR) is 132 cm³/mol. The summed E-state index contributed by atoms with van der Waals surface area (Å²) in [4.78, 5) is 0. The lowest BCUT2D eigenvalue weighted by Crippen LogP contribution is -2.55. The Balaban J connectivity index is 1.32. The Kier molecular flexibility index (Phi) is 14.8. The van der Waals surface area contributed by atoms with Crippen molar-refractivity contribution < 1.29 is 14.0 Å². The van der Waals surface area contributed by atoms with Crippen molar-refractivity contribution in [1.82, 2.24) is 0 Å². The van der Waals surface area contributed by atoms with Gasteiger partial charge in [-0.1, -0.05) is 96.8 Å². The van der Waals surface area contributed by atoms with Gasteiger partial charge < -0.3 is 14.0 Å². The van der Waals surface area contributed by atoms with Gasteiger partial charge in [-0.3, -0.25) is 0 Å². The Labute approximate surface area is 192 Å². The number of hydrogen-bond acceptors (Lipinski definition) is 3. The number of ether oxygens (including phenoxy) is 2. The molecule has 178 valence electrons. The molecule has 2 aliphatic rings. The van der Waals surface area contributed by atoms with E-state index in [2.05, 4.69) is 25.7 Å². The molecule has 2 aliphatic heterocycles. The summed E-state index contributed by atoms with van der Waals surface area (Å²) in [6.45, 7) is 7.60. The average molecular weight is 443 g/mol. The van der Waals surface area contributed by atoms with Crippen LogP contribution in [0.2, 0.25) is 0 Å². The van der Waals surface area contributed by atoms with E-state index in [0.717, 1.165) is 30.8 Å². The van der Waals surface area contributed by atoms with Crippen LogP contribution in [0.25, 0.3) is 0 Å². The molecule has 0 radical (unpaired) electrons. The highest BCUT2D eigenvalue weighted by Gasteiger charge is 2.34. The number of unbranched alkanes of at least 4 members (excludes halogenated alkanes) is 14. The maximum Gasteiger partial charge on any atom is 0.117 e. The first-order valence-corrected chi connectivity index (χ1v) is 14.4. The van der Waals surface area contributed by atoms with E-state index < -0.39 is 0 Å². The molecule has 2 atom stereocenters. The Bertz CT molecular complexity index is 400. The number of nitrogens with zero attached hydrogens (tertiary/aromatic N) is 1. The fourth-order valence-electron chi connectivity index (χ4n) is 4.90. The fraction of sp³-hybridized carbons (Fsp3) is 1.00. The van der Waals surface area contributed by atoms with Gasteiger partial charge in [-0.25, -0.2) is 0 Å². The molecule has 4 heteroatoms. The topological polar surface area (TPSA) is 18.5 Å². The molecule has 2 fully saturated rings. The Hall–Kier alpha value is 0.230. The number of quaternary nitrogens is 1. The lowest BCUT2D eigenvalue weighted by atomic mass is 10.0. The smallest absolute Gasteiger partial charge is 0.117 e. The Morgan fingerprint density at radius 3 is 1.77 bits per heavy atom. The number of morpholine rings is 1. The zero-order valence-corrected chi connectivity index (χ0v) is 21.2. The normalized spacial score (nSPS) is 23.8. The SMILES string of the molecule is CCCCCCCCCCCCCCCCCC1OC(C[N+]2(C)CCOCC2)CS1. The van der Waals surface area contributed by atoms with E-state index in [-0.39, 0.29) is 0 Å². The quantitative estimate of drug-likeness (QED) is 0.165. The number of likely N-dealkylation sites (N-methyl/N-ethyl adjacent to an activating group) is 1. The van der Waals surface area contributed by atoms with Gasteiger partial charge in [-0.15, -0.1) is 11.8 Å². The van der Waals surface area contributed by atoms with E-state index >= 15 is 0 Å². The van der Waals surface area contributed by atoms with Crippen LogP contribution in [0.15, 0.2) is 0 Å². The van der Waals surface area contributed by atoms with Gasteiger partial charge in [0.05, 0.1) is 20.3 Å². The van der Waals surface area contributed by atoms with Crippen LogP contribution in [0.4, 0.5) is 0 Å². The monoisotopic (exact) mass is 442 g/mol. The lowest BCUT2D eigenvalue weighted by Gasteiger charge is -2.38. The standard InChI is InChI=1S/C26H52NO2S/c1-3-4-5-6-7-8-9-10-11-12-13-14-15-16-17-18-26-29-25(24-30-26)23-27(2)19-21-28-22-20-27/h25-26H,3-24H2,1-2H3/q+1. The molecule has 0 bridgehead atoms. The Morgan fingerprint density at radius 2 is 1.23 bits per heavy atom. The summed E-state index contributed by atoms with van der Waals surface area (Å²) in [5, 5.41) is 0. The van der Waals surface area contributed by atoms with Gasteiger partial charge in [-0.2, -0.15) is 0 Å². The minimum absolute atomic E-state index is 0.458. The highest BCUT2D eigenvalue weighted by Crippen LogP contribution is 2.30. The molecule has 0 aromatic heterocycles. The summed E-state index contributed by atoms with van der Waals surface area (Å²) in [5.74, 6) is 1.19. The van der Waals surface area contributed by atoms with Crippen LogP contribution in [-0.4, -0.2) is 61.7 Å². The summed E-state index contributed by atoms with van der Waals surface area (Å²) in [6, 6.07) is 0. The molecule has 2 heterocycles. The third kappa shape index (κ3) is 12.3. The molecule has 0 N–H and O–H groups in total. The minimum atomic E-state index is 0.458. The van der Waals surface area contributed by atoms with E-state index in [1.165, 1.54) is 115 Å². The first kappa shape index (κ1) is 26.5. The first-order valence-electron chi connectivity index (χ1n) is 13.4. The molecular weight excluding hydrogens is 390 g/mol. The van der Waals surface area contributed by atoms with E-state index in [4.69, 9.17) is 9.47 Å². The van der Waals surface area contributed by atoms with E-state index in [1.54, 1.807) is 0 Å². The van der Waals surface area contributed by atoms with Crippen LogP contribution in [0, 0.1) is 0 Å². The largest absolute Gasteiger partial charge is 0.370 e. The van der Waals surface area contributed by atoms with Gasteiger partial charge >= 0.3 is 0 Å². The molecule has 2 rings (SSSR count). The highest BCUT2D eigenvalue weighted by molar-refractivity contribution is 8.00. The van der Waals surface area contributed by atoms with Crippen LogP contribution < -0.4 is 0 Å². The fourth-order valence-corrected chi connectivity index (χ4v) is 6.08. The van der Waals surface area contributed by atoms with Gasteiger partial charge in [0.15, 0.2) is 0 Å². The predicted octanol–water partition coefficient (Wildman–Crippen LogP) is 7.18. The molecule has 2 saturated heterocycles.